The fraction of sp³-hybridized carbons (Fsp3) is 0.353. The maximum Gasteiger partial charge on any atom is 0.410 e. The zero-order chi connectivity index (χ0) is 17.1. The number of ether oxygens (including phenoxy) is 1. The number of aliphatic carboxylic acids is 1. The number of hydrogen-bond acceptors (Lipinski definition) is 5. The minimum Gasteiger partial charge on any atom is -0.481 e. The summed E-state index contributed by atoms with van der Waals surface area (Å²) in [7, 11) is 0. The van der Waals surface area contributed by atoms with E-state index in [9.17, 15) is 14.7 Å². The van der Waals surface area contributed by atoms with Crippen molar-refractivity contribution in [2.24, 2.45) is 5.92 Å². The van der Waals surface area contributed by atoms with Gasteiger partial charge in [-0.05, 0) is 12.5 Å². The number of benzene rings is 1. The number of hydrogen-bond donors (Lipinski definition) is 1. The van der Waals surface area contributed by atoms with Gasteiger partial charge in [0.1, 0.15) is 6.61 Å². The molecule has 0 bridgehead atoms. The van der Waals surface area contributed by atoms with Crippen LogP contribution in [-0.4, -0.2) is 40.1 Å². The van der Waals surface area contributed by atoms with Gasteiger partial charge in [-0.25, -0.2) is 9.78 Å². The molecule has 0 aliphatic carbocycles. The van der Waals surface area contributed by atoms with Gasteiger partial charge in [0.05, 0.1) is 16.6 Å². The van der Waals surface area contributed by atoms with E-state index in [0.29, 0.717) is 6.54 Å². The first kappa shape index (κ1) is 16.4. The third kappa shape index (κ3) is 3.56. The smallest absolute Gasteiger partial charge is 0.410 e. The van der Waals surface area contributed by atoms with Gasteiger partial charge in [-0.1, -0.05) is 30.3 Å². The van der Waals surface area contributed by atoms with Crippen molar-refractivity contribution in [3.63, 3.8) is 0 Å². The van der Waals surface area contributed by atoms with E-state index in [-0.39, 0.29) is 19.1 Å². The lowest BCUT2D eigenvalue weighted by molar-refractivity contribution is -0.141. The van der Waals surface area contributed by atoms with Gasteiger partial charge >= 0.3 is 12.1 Å². The number of carbonyl (C=O) groups excluding carboxylic acids is 1. The fourth-order valence-corrected chi connectivity index (χ4v) is 3.54. The van der Waals surface area contributed by atoms with Crippen LogP contribution < -0.4 is 0 Å². The highest BCUT2D eigenvalue weighted by Crippen LogP contribution is 2.33. The van der Waals surface area contributed by atoms with E-state index in [2.05, 4.69) is 4.98 Å². The molecule has 1 aromatic heterocycles. The molecule has 1 aliphatic rings. The van der Waals surface area contributed by atoms with Gasteiger partial charge in [0.25, 0.3) is 0 Å². The van der Waals surface area contributed by atoms with Gasteiger partial charge in [-0.3, -0.25) is 4.79 Å². The van der Waals surface area contributed by atoms with Crippen LogP contribution in [-0.2, 0) is 16.1 Å². The summed E-state index contributed by atoms with van der Waals surface area (Å²) in [5.41, 5.74) is 1.63. The molecule has 1 fully saturated rings. The Balaban J connectivity index is 1.66. The van der Waals surface area contributed by atoms with Crippen molar-refractivity contribution in [3.05, 3.63) is 52.0 Å². The Bertz CT molecular complexity index is 731. The number of carbonyl (C=O) groups is 2. The monoisotopic (exact) mass is 346 g/mol. The second-order valence-electron chi connectivity index (χ2n) is 5.79. The summed E-state index contributed by atoms with van der Waals surface area (Å²) < 4.78 is 5.31. The number of amides is 1. The Morgan fingerprint density at radius 3 is 2.71 bits per heavy atom. The first-order valence-corrected chi connectivity index (χ1v) is 8.53. The molecule has 6 nitrogen and oxygen atoms in total. The first-order chi connectivity index (χ1) is 11.5. The predicted molar refractivity (Wildman–Crippen MR) is 88.9 cm³/mol. The van der Waals surface area contributed by atoms with Crippen molar-refractivity contribution >= 4 is 23.4 Å². The van der Waals surface area contributed by atoms with Crippen LogP contribution in [0.1, 0.15) is 22.2 Å². The summed E-state index contributed by atoms with van der Waals surface area (Å²) >= 11 is 1.48. The van der Waals surface area contributed by atoms with Crippen LogP contribution in [0.4, 0.5) is 4.79 Å². The summed E-state index contributed by atoms with van der Waals surface area (Å²) in [6.45, 7) is 2.51. The molecule has 2 atom stereocenters. The van der Waals surface area contributed by atoms with E-state index < -0.39 is 18.0 Å². The molecule has 2 aromatic rings. The SMILES string of the molecule is Cc1nc(C2CN(C(=O)OCc3ccccc3)CC2C(=O)O)cs1. The molecule has 1 N–H and O–H groups in total. The average molecular weight is 346 g/mol. The van der Waals surface area contributed by atoms with Crippen molar-refractivity contribution in [1.29, 1.82) is 0 Å². The highest BCUT2D eigenvalue weighted by Gasteiger charge is 2.42. The Hall–Kier alpha value is -2.41. The molecular formula is C17H18N2O4S. The molecule has 3 rings (SSSR count). The van der Waals surface area contributed by atoms with E-state index in [4.69, 9.17) is 4.74 Å². The van der Waals surface area contributed by atoms with E-state index in [1.807, 2.05) is 42.6 Å². The largest absolute Gasteiger partial charge is 0.481 e. The number of thiazole rings is 1. The summed E-state index contributed by atoms with van der Waals surface area (Å²) in [4.78, 5) is 29.6. The molecule has 0 spiro atoms. The Labute approximate surface area is 143 Å². The van der Waals surface area contributed by atoms with Crippen LogP contribution >= 0.6 is 11.3 Å². The molecule has 1 aromatic carbocycles. The van der Waals surface area contributed by atoms with Crippen molar-refractivity contribution in [2.45, 2.75) is 19.4 Å². The molecule has 24 heavy (non-hydrogen) atoms. The highest BCUT2D eigenvalue weighted by molar-refractivity contribution is 7.09. The number of nitrogens with zero attached hydrogens (tertiary/aromatic N) is 2. The maximum absolute atomic E-state index is 12.3. The molecule has 1 aliphatic heterocycles. The second-order valence-corrected chi connectivity index (χ2v) is 6.85. The molecule has 126 valence electrons. The van der Waals surface area contributed by atoms with Crippen molar-refractivity contribution in [3.8, 4) is 0 Å². The van der Waals surface area contributed by atoms with Gasteiger partial charge in [0, 0.05) is 24.4 Å². The lowest BCUT2D eigenvalue weighted by atomic mass is 9.94. The van der Waals surface area contributed by atoms with Gasteiger partial charge in [0.2, 0.25) is 0 Å². The lowest BCUT2D eigenvalue weighted by Gasteiger charge is -2.15. The van der Waals surface area contributed by atoms with Gasteiger partial charge in [-0.2, -0.15) is 0 Å². The number of rotatable bonds is 4. The van der Waals surface area contributed by atoms with E-state index in [1.54, 1.807) is 0 Å². The quantitative estimate of drug-likeness (QED) is 0.921. The summed E-state index contributed by atoms with van der Waals surface area (Å²) in [5, 5.41) is 12.2. The minimum atomic E-state index is -0.913. The third-order valence-corrected chi connectivity index (χ3v) is 4.91. The molecule has 2 heterocycles. The maximum atomic E-state index is 12.3. The standard InChI is InChI=1S/C17H18N2O4S/c1-11-18-15(10-24-11)13-7-19(8-14(13)16(20)21)17(22)23-9-12-5-3-2-4-6-12/h2-6,10,13-14H,7-9H2,1H3,(H,20,21). The number of aryl methyl sites for hydroxylation is 1. The van der Waals surface area contributed by atoms with Crippen LogP contribution in [0, 0.1) is 12.8 Å². The summed E-state index contributed by atoms with van der Waals surface area (Å²) in [5.74, 6) is -1.86. The molecule has 0 radical (unpaired) electrons. The fourth-order valence-electron chi connectivity index (χ4n) is 2.86. The zero-order valence-electron chi connectivity index (χ0n) is 13.2. The van der Waals surface area contributed by atoms with E-state index >= 15 is 0 Å². The molecule has 0 saturated carbocycles. The highest BCUT2D eigenvalue weighted by atomic mass is 32.1. The summed E-state index contributed by atoms with van der Waals surface area (Å²) in [6, 6.07) is 9.39. The van der Waals surface area contributed by atoms with Crippen molar-refractivity contribution in [1.82, 2.24) is 9.88 Å². The zero-order valence-corrected chi connectivity index (χ0v) is 14.0. The van der Waals surface area contributed by atoms with E-state index in [0.717, 1.165) is 16.3 Å². The summed E-state index contributed by atoms with van der Waals surface area (Å²) in [6.07, 6.45) is -0.487. The van der Waals surface area contributed by atoms with Crippen LogP contribution in [0.15, 0.2) is 35.7 Å². The number of likely N-dealkylation sites (tertiary alicyclic amines) is 1. The van der Waals surface area contributed by atoms with Crippen molar-refractivity contribution in [2.75, 3.05) is 13.1 Å². The second kappa shape index (κ2) is 7.00. The van der Waals surface area contributed by atoms with Crippen molar-refractivity contribution < 1.29 is 19.4 Å². The number of carboxylic acids is 1. The van der Waals surface area contributed by atoms with E-state index in [1.165, 1.54) is 16.2 Å². The normalized spacial score (nSPS) is 20.1. The minimum absolute atomic E-state index is 0.143. The lowest BCUT2D eigenvalue weighted by Crippen LogP contribution is -2.30. The van der Waals surface area contributed by atoms with Gasteiger partial charge in [-0.15, -0.1) is 11.3 Å². The van der Waals surface area contributed by atoms with Gasteiger partial charge in [0.15, 0.2) is 0 Å². The molecular weight excluding hydrogens is 328 g/mol. The Kier molecular flexibility index (Phi) is 4.80. The van der Waals surface area contributed by atoms with Crippen LogP contribution in [0.2, 0.25) is 0 Å². The van der Waals surface area contributed by atoms with Gasteiger partial charge < -0.3 is 14.7 Å². The molecule has 1 saturated heterocycles. The van der Waals surface area contributed by atoms with Crippen LogP contribution in [0.5, 0.6) is 0 Å². The van der Waals surface area contributed by atoms with Crippen LogP contribution in [0.25, 0.3) is 0 Å². The Morgan fingerprint density at radius 1 is 1.33 bits per heavy atom. The predicted octanol–water partition coefficient (Wildman–Crippen LogP) is 2.89. The molecule has 1 amide bonds. The first-order valence-electron chi connectivity index (χ1n) is 7.65. The van der Waals surface area contributed by atoms with Crippen LogP contribution in [0.3, 0.4) is 0 Å². The Morgan fingerprint density at radius 2 is 2.08 bits per heavy atom. The average Bonchev–Trinajstić information content (AvgIpc) is 3.20. The third-order valence-electron chi connectivity index (χ3n) is 4.12. The molecule has 7 heteroatoms. The number of aromatic nitrogens is 1. The molecule has 2 unspecified atom stereocenters. The number of carboxylic acid groups (broad SMARTS) is 1. The topological polar surface area (TPSA) is 79.7 Å².